The van der Waals surface area contributed by atoms with Crippen LogP contribution in [-0.2, 0) is 16.4 Å². The van der Waals surface area contributed by atoms with E-state index in [0.29, 0.717) is 18.4 Å². The molecule has 7 nitrogen and oxygen atoms in total. The van der Waals surface area contributed by atoms with Gasteiger partial charge in [-0.2, -0.15) is 0 Å². The fourth-order valence-electron chi connectivity index (χ4n) is 3.29. The SMILES string of the molecule is CCNC(=NCCS(=O)(=O)NCC1CCC1)NCCc1c[nH]c2ccccc12. The van der Waals surface area contributed by atoms with Crippen molar-refractivity contribution in [3.05, 3.63) is 36.0 Å². The van der Waals surface area contributed by atoms with E-state index < -0.39 is 10.0 Å². The van der Waals surface area contributed by atoms with Gasteiger partial charge in [0.25, 0.3) is 0 Å². The Morgan fingerprint density at radius 2 is 2.07 bits per heavy atom. The molecule has 0 amide bonds. The number of sulfonamides is 1. The van der Waals surface area contributed by atoms with Crippen molar-refractivity contribution in [1.82, 2.24) is 20.3 Å². The summed E-state index contributed by atoms with van der Waals surface area (Å²) in [5.41, 5.74) is 2.39. The van der Waals surface area contributed by atoms with Gasteiger partial charge in [-0.15, -0.1) is 0 Å². The monoisotopic (exact) mass is 405 g/mol. The van der Waals surface area contributed by atoms with Gasteiger partial charge in [0.15, 0.2) is 5.96 Å². The van der Waals surface area contributed by atoms with Crippen molar-refractivity contribution in [2.24, 2.45) is 10.9 Å². The van der Waals surface area contributed by atoms with Crippen molar-refractivity contribution in [2.45, 2.75) is 32.6 Å². The molecule has 1 aromatic heterocycles. The van der Waals surface area contributed by atoms with Crippen molar-refractivity contribution in [3.8, 4) is 0 Å². The largest absolute Gasteiger partial charge is 0.361 e. The first kappa shape index (κ1) is 20.7. The number of H-pyrrole nitrogens is 1. The summed E-state index contributed by atoms with van der Waals surface area (Å²) in [7, 11) is -3.26. The van der Waals surface area contributed by atoms with Crippen molar-refractivity contribution >= 4 is 26.9 Å². The maximum absolute atomic E-state index is 12.1. The second kappa shape index (κ2) is 9.93. The van der Waals surface area contributed by atoms with Gasteiger partial charge in [-0.1, -0.05) is 24.6 Å². The summed E-state index contributed by atoms with van der Waals surface area (Å²) in [4.78, 5) is 7.69. The molecule has 3 rings (SSSR count). The number of nitrogens with one attached hydrogen (secondary N) is 4. The highest BCUT2D eigenvalue weighted by Gasteiger charge is 2.19. The van der Waals surface area contributed by atoms with Gasteiger partial charge < -0.3 is 15.6 Å². The standard InChI is InChI=1S/C20H31N5O2S/c1-2-21-20(23-12-13-28(26,27)25-14-16-6-5-7-16)22-11-10-17-15-24-19-9-4-3-8-18(17)19/h3-4,8-9,15-16,24-25H,2,5-7,10-14H2,1H3,(H2,21,22,23). The molecule has 1 aliphatic rings. The molecule has 28 heavy (non-hydrogen) atoms. The molecule has 8 heteroatoms. The first-order valence-electron chi connectivity index (χ1n) is 10.1. The van der Waals surface area contributed by atoms with Gasteiger partial charge in [0.1, 0.15) is 0 Å². The molecule has 1 aromatic carbocycles. The van der Waals surface area contributed by atoms with Gasteiger partial charge in [0, 0.05) is 36.7 Å². The van der Waals surface area contributed by atoms with E-state index in [2.05, 4.69) is 37.5 Å². The van der Waals surface area contributed by atoms with E-state index in [0.717, 1.165) is 37.9 Å². The number of aliphatic imine (C=N–C) groups is 1. The molecule has 1 aliphatic carbocycles. The van der Waals surface area contributed by atoms with Crippen molar-refractivity contribution < 1.29 is 8.42 Å². The fourth-order valence-corrected chi connectivity index (χ4v) is 4.25. The highest BCUT2D eigenvalue weighted by Crippen LogP contribution is 2.25. The van der Waals surface area contributed by atoms with Crippen LogP contribution in [0.1, 0.15) is 31.7 Å². The molecule has 0 unspecified atom stereocenters. The molecule has 1 saturated carbocycles. The predicted molar refractivity (Wildman–Crippen MR) is 115 cm³/mol. The number of hydrogen-bond acceptors (Lipinski definition) is 3. The van der Waals surface area contributed by atoms with E-state index in [1.165, 1.54) is 17.4 Å². The highest BCUT2D eigenvalue weighted by atomic mass is 32.2. The van der Waals surface area contributed by atoms with Crippen LogP contribution >= 0.6 is 0 Å². The quantitative estimate of drug-likeness (QED) is 0.359. The molecule has 1 heterocycles. The zero-order valence-electron chi connectivity index (χ0n) is 16.5. The summed E-state index contributed by atoms with van der Waals surface area (Å²) in [5.74, 6) is 1.18. The molecule has 4 N–H and O–H groups in total. The van der Waals surface area contributed by atoms with Gasteiger partial charge in [-0.25, -0.2) is 13.1 Å². The molecular weight excluding hydrogens is 374 g/mol. The number of fused-ring (bicyclic) bond motifs is 1. The molecule has 0 saturated heterocycles. The third kappa shape index (κ3) is 5.97. The number of para-hydroxylation sites is 1. The van der Waals surface area contributed by atoms with E-state index in [9.17, 15) is 8.42 Å². The lowest BCUT2D eigenvalue weighted by Gasteiger charge is -2.25. The van der Waals surface area contributed by atoms with Gasteiger partial charge in [0.2, 0.25) is 10.0 Å². The summed E-state index contributed by atoms with van der Waals surface area (Å²) in [6.07, 6.45) is 6.37. The van der Waals surface area contributed by atoms with Gasteiger partial charge in [0.05, 0.1) is 12.3 Å². The van der Waals surface area contributed by atoms with Crippen LogP contribution in [0.3, 0.4) is 0 Å². The van der Waals surface area contributed by atoms with Crippen LogP contribution in [0.4, 0.5) is 0 Å². The first-order chi connectivity index (χ1) is 13.6. The molecule has 154 valence electrons. The minimum absolute atomic E-state index is 0.0126. The Balaban J connectivity index is 1.45. The fraction of sp³-hybridized carbons (Fsp3) is 0.550. The van der Waals surface area contributed by atoms with Crippen molar-refractivity contribution in [2.75, 3.05) is 31.9 Å². The summed E-state index contributed by atoms with van der Waals surface area (Å²) in [5, 5.41) is 7.69. The van der Waals surface area contributed by atoms with E-state index in [1.54, 1.807) is 0 Å². The third-order valence-corrected chi connectivity index (χ3v) is 6.48. The zero-order valence-corrected chi connectivity index (χ0v) is 17.3. The second-order valence-corrected chi connectivity index (χ2v) is 9.19. The van der Waals surface area contributed by atoms with Crippen LogP contribution in [0.2, 0.25) is 0 Å². The number of aromatic amines is 1. The summed E-state index contributed by atoms with van der Waals surface area (Å²) in [6.45, 7) is 4.25. The number of nitrogens with zero attached hydrogens (tertiary/aromatic N) is 1. The Hall–Kier alpha value is -2.06. The zero-order chi connectivity index (χ0) is 19.8. The summed E-state index contributed by atoms with van der Waals surface area (Å²) in [6, 6.07) is 8.24. The Morgan fingerprint density at radius 3 is 2.82 bits per heavy atom. The van der Waals surface area contributed by atoms with E-state index >= 15 is 0 Å². The Labute approximate surface area is 167 Å². The van der Waals surface area contributed by atoms with Crippen LogP contribution in [0.15, 0.2) is 35.5 Å². The molecule has 0 aliphatic heterocycles. The minimum Gasteiger partial charge on any atom is -0.361 e. The molecule has 0 bridgehead atoms. The average Bonchev–Trinajstić information content (AvgIpc) is 3.03. The molecule has 0 radical (unpaired) electrons. The highest BCUT2D eigenvalue weighted by molar-refractivity contribution is 7.89. The summed E-state index contributed by atoms with van der Waals surface area (Å²) < 4.78 is 26.9. The van der Waals surface area contributed by atoms with Crippen LogP contribution in [0.5, 0.6) is 0 Å². The lowest BCUT2D eigenvalue weighted by molar-refractivity contribution is 0.316. The molecular formula is C20H31N5O2S. The first-order valence-corrected chi connectivity index (χ1v) is 11.8. The van der Waals surface area contributed by atoms with Crippen LogP contribution in [0.25, 0.3) is 10.9 Å². The van der Waals surface area contributed by atoms with Crippen molar-refractivity contribution in [1.29, 1.82) is 0 Å². The Bertz CT molecular complexity index is 887. The molecule has 0 atom stereocenters. The Kier molecular flexibility index (Phi) is 7.33. The van der Waals surface area contributed by atoms with E-state index in [4.69, 9.17) is 0 Å². The maximum atomic E-state index is 12.1. The van der Waals surface area contributed by atoms with E-state index in [1.807, 2.05) is 25.3 Å². The lowest BCUT2D eigenvalue weighted by Crippen LogP contribution is -2.39. The molecule has 2 aromatic rings. The summed E-state index contributed by atoms with van der Waals surface area (Å²) >= 11 is 0. The van der Waals surface area contributed by atoms with Crippen LogP contribution < -0.4 is 15.4 Å². The lowest BCUT2D eigenvalue weighted by atomic mass is 9.86. The van der Waals surface area contributed by atoms with Crippen molar-refractivity contribution in [3.63, 3.8) is 0 Å². The normalized spacial score (nSPS) is 15.5. The topological polar surface area (TPSA) is 98.4 Å². The number of benzene rings is 1. The Morgan fingerprint density at radius 1 is 1.25 bits per heavy atom. The third-order valence-electron chi connectivity index (χ3n) is 5.15. The number of aromatic nitrogens is 1. The second-order valence-electron chi connectivity index (χ2n) is 7.26. The number of rotatable bonds is 10. The van der Waals surface area contributed by atoms with E-state index in [-0.39, 0.29) is 12.3 Å². The van der Waals surface area contributed by atoms with Crippen LogP contribution in [-0.4, -0.2) is 51.3 Å². The minimum atomic E-state index is -3.26. The smallest absolute Gasteiger partial charge is 0.213 e. The number of guanidine groups is 1. The average molecular weight is 406 g/mol. The van der Waals surface area contributed by atoms with Gasteiger partial charge in [-0.05, 0) is 43.7 Å². The maximum Gasteiger partial charge on any atom is 0.213 e. The van der Waals surface area contributed by atoms with Gasteiger partial charge in [-0.3, -0.25) is 4.99 Å². The number of hydrogen-bond donors (Lipinski definition) is 4. The van der Waals surface area contributed by atoms with Crippen LogP contribution in [0, 0.1) is 5.92 Å². The molecule has 1 fully saturated rings. The molecule has 0 spiro atoms. The van der Waals surface area contributed by atoms with Gasteiger partial charge >= 0.3 is 0 Å². The predicted octanol–water partition coefficient (Wildman–Crippen LogP) is 1.99.